The largest absolute Gasteiger partial charge is 0.453 e. The fraction of sp³-hybridized carbons (Fsp3) is 0.386. The molecule has 2 aromatic heterocycles. The Morgan fingerprint density at radius 2 is 0.836 bits per heavy atom. The summed E-state index contributed by atoms with van der Waals surface area (Å²) in [6.07, 6.45) is 7.16. The molecule has 12 atom stereocenters. The lowest BCUT2D eigenvalue weighted by Crippen LogP contribution is -2.53. The Labute approximate surface area is 701 Å². The van der Waals surface area contributed by atoms with E-state index in [1.165, 1.54) is 14.2 Å². The monoisotopic (exact) mass is 1680 g/mol. The van der Waals surface area contributed by atoms with Gasteiger partial charge in [0.25, 0.3) is 5.91 Å². The SMILES string of the molecule is COC(=O)N[C@H](C(=O)N1C[C@@H](S(C)=O)C[C@H]1C1=NC(Cl)=C(c2ccc(-c3ccc(-c4nc([C@@H]5CCCN5C(=O)[C@H](C)C(C)C)[nH]c4Cl)cc3)cc2)C1)C(C)C.COC(=O)N[C@H](C(=O)N1C[C@@H](S(C)=O)C[C@H]1C1=NC(Cl)=C(c2ccc(-c3ccc(-c4nc([C@@H]5CCCN5C(=O)[C@H](C)c5ccccc5)[nH]c4Cl)cc3)cc2)C1)c1ccccc1. The fourth-order valence-electron chi connectivity index (χ4n) is 16.3. The van der Waals surface area contributed by atoms with E-state index in [0.29, 0.717) is 87.9 Å². The van der Waals surface area contributed by atoms with Crippen LogP contribution in [0.15, 0.2) is 178 Å². The molecule has 6 aromatic carbocycles. The predicted octanol–water partition coefficient (Wildman–Crippen LogP) is 16.9. The number of likely N-dealkylation sites (tertiary alicyclic amines) is 4. The van der Waals surface area contributed by atoms with Crippen molar-refractivity contribution in [1.29, 1.82) is 0 Å². The average molecular weight is 1690 g/mol. The molecule has 0 radical (unpaired) electrons. The number of nitrogens with zero attached hydrogens (tertiary/aromatic N) is 8. The molecule has 6 amide bonds. The smallest absolute Gasteiger partial charge is 0.407 e. The molecule has 4 saturated heterocycles. The minimum absolute atomic E-state index is 0.0606. The van der Waals surface area contributed by atoms with Crippen molar-refractivity contribution in [3.05, 3.63) is 212 Å². The summed E-state index contributed by atoms with van der Waals surface area (Å²) in [4.78, 5) is 112. The highest BCUT2D eigenvalue weighted by molar-refractivity contribution is 7.85. The summed E-state index contributed by atoms with van der Waals surface area (Å²) in [6, 6.07) is 48.2. The zero-order valence-corrected chi connectivity index (χ0v) is 71.1. The molecule has 4 N–H and O–H groups in total. The molecule has 14 rings (SSSR count). The number of methoxy groups -OCH3 is 2. The van der Waals surface area contributed by atoms with Crippen molar-refractivity contribution in [3.63, 3.8) is 0 Å². The first kappa shape index (κ1) is 84.4. The Hall–Kier alpha value is -9.56. The standard InChI is InChI=1S/C47H46Cl2N6O5S.C41H50Cl2N6O5S/c1-28(29-11-6-4-7-12-29)45(56)54-24-10-15-38(54)44-51-40(43(49)53-44)34-22-18-31(19-23-34)30-16-20-32(21-17-30)36-26-37(50-42(36)48)39-25-35(61(3)59)27-55(39)46(57)41(52-47(58)60-2)33-13-8-5-9-14-33;1-22(2)24(5)39(50)48-18-8-9-32(48)38-45-35(37(43)47-38)28-16-12-26(13-17-28)25-10-14-27(15-11-25)30-20-31(44-36(30)42)33-19-29(55(7)53)21-49(33)40(51)34(23(3)4)46-41(52)54-6/h4-9,11-14,16-23,28,35,38-39,41H,10,15,24-27H2,1-3H3,(H,51,53)(H,52,58);10-17,22-24,29,32-34H,8-9,18-21H2,1-7H3,(H,45,47)(H,46,52)/t28-,35+,38+,39+,41+,61?;24-,29+,32+,33+,34+,55?/m11/s1. The van der Waals surface area contributed by atoms with Gasteiger partial charge >= 0.3 is 12.2 Å². The molecule has 0 spiro atoms. The van der Waals surface area contributed by atoms with E-state index in [0.717, 1.165) is 105 Å². The van der Waals surface area contributed by atoms with E-state index in [4.69, 9.17) is 75.8 Å². The Morgan fingerprint density at radius 1 is 0.457 bits per heavy atom. The van der Waals surface area contributed by atoms with Crippen LogP contribution in [0.1, 0.15) is 151 Å². The number of allylic oxidation sites excluding steroid dienone is 2. The molecule has 22 nitrogen and oxygen atoms in total. The zero-order valence-electron chi connectivity index (χ0n) is 66.4. The molecular weight excluding hydrogens is 1590 g/mol. The fourth-order valence-corrected chi connectivity index (χ4v) is 19.0. The Morgan fingerprint density at radius 3 is 1.23 bits per heavy atom. The number of amides is 6. The van der Waals surface area contributed by atoms with Crippen LogP contribution in [0.2, 0.25) is 10.3 Å². The molecule has 8 aromatic rings. The van der Waals surface area contributed by atoms with Gasteiger partial charge in [0.1, 0.15) is 55.7 Å². The van der Waals surface area contributed by atoms with Gasteiger partial charge in [0.15, 0.2) is 0 Å². The van der Waals surface area contributed by atoms with Crippen molar-refractivity contribution in [2.45, 2.75) is 146 Å². The van der Waals surface area contributed by atoms with Crippen LogP contribution in [0.4, 0.5) is 9.59 Å². The first-order valence-electron chi connectivity index (χ1n) is 39.2. The van der Waals surface area contributed by atoms with Crippen molar-refractivity contribution < 1.29 is 46.7 Å². The van der Waals surface area contributed by atoms with Gasteiger partial charge in [0.2, 0.25) is 17.7 Å². The number of aromatic nitrogens is 4. The summed E-state index contributed by atoms with van der Waals surface area (Å²) in [5.41, 5.74) is 13.6. The van der Waals surface area contributed by atoms with Gasteiger partial charge in [-0.25, -0.2) is 29.5 Å². The first-order chi connectivity index (χ1) is 55.7. The Bertz CT molecular complexity index is 5160. The molecule has 6 aliphatic heterocycles. The molecule has 0 bridgehead atoms. The highest BCUT2D eigenvalue weighted by Gasteiger charge is 2.47. The summed E-state index contributed by atoms with van der Waals surface area (Å²) in [6.45, 7) is 13.7. The number of hydrogen-bond acceptors (Lipinski definition) is 14. The lowest BCUT2D eigenvalue weighted by molar-refractivity contribution is -0.137. The highest BCUT2D eigenvalue weighted by atomic mass is 35.5. The molecule has 6 aliphatic rings. The van der Waals surface area contributed by atoms with Gasteiger partial charge in [0.05, 0.1) is 54.8 Å². The van der Waals surface area contributed by atoms with Gasteiger partial charge in [-0.1, -0.05) is 239 Å². The molecule has 8 heterocycles. The summed E-state index contributed by atoms with van der Waals surface area (Å²) >= 11 is 27.0. The number of halogens is 4. The van der Waals surface area contributed by atoms with Crippen LogP contribution in [0.3, 0.4) is 0 Å². The Kier molecular flexibility index (Phi) is 26.9. The topological polar surface area (TPSA) is 274 Å². The molecule has 4 fully saturated rings. The van der Waals surface area contributed by atoms with Crippen molar-refractivity contribution in [2.75, 3.05) is 52.9 Å². The normalized spacial score (nSPS) is 21.0. The van der Waals surface area contributed by atoms with Crippen molar-refractivity contribution in [2.24, 2.45) is 27.7 Å². The number of aromatic amines is 2. The summed E-state index contributed by atoms with van der Waals surface area (Å²) in [5, 5.41) is 6.45. The predicted molar refractivity (Wildman–Crippen MR) is 460 cm³/mol. The molecule has 608 valence electrons. The summed E-state index contributed by atoms with van der Waals surface area (Å²) in [7, 11) is 0.148. The Balaban J connectivity index is 0.000000203. The number of alkyl carbamates (subject to hydrolysis) is 2. The van der Waals surface area contributed by atoms with Gasteiger partial charge < -0.3 is 49.7 Å². The van der Waals surface area contributed by atoms with Crippen molar-refractivity contribution in [1.82, 2.24) is 50.2 Å². The quantitative estimate of drug-likeness (QED) is 0.0461. The maximum Gasteiger partial charge on any atom is 0.407 e. The third kappa shape index (κ3) is 18.4. The minimum atomic E-state index is -1.20. The number of aliphatic imine (C=N–C) groups is 2. The molecular formula is C88H96Cl4N12O10S2. The van der Waals surface area contributed by atoms with E-state index in [1.54, 1.807) is 46.6 Å². The van der Waals surface area contributed by atoms with Gasteiger partial charge in [-0.15, -0.1) is 0 Å². The van der Waals surface area contributed by atoms with Gasteiger partial charge in [-0.2, -0.15) is 0 Å². The van der Waals surface area contributed by atoms with Crippen LogP contribution in [-0.2, 0) is 50.3 Å². The average Bonchev–Trinajstić information content (AvgIpc) is 1.05. The van der Waals surface area contributed by atoms with Crippen LogP contribution < -0.4 is 10.6 Å². The number of hydrogen-bond donors (Lipinski definition) is 4. The molecule has 2 unspecified atom stereocenters. The third-order valence-corrected chi connectivity index (χ3v) is 27.0. The maximum absolute atomic E-state index is 14.2. The molecule has 28 heteroatoms. The number of carbonyl (C=O) groups is 6. The van der Waals surface area contributed by atoms with E-state index in [-0.39, 0.29) is 76.4 Å². The van der Waals surface area contributed by atoms with Crippen LogP contribution >= 0.6 is 46.4 Å². The number of ether oxygens (including phenoxy) is 2. The van der Waals surface area contributed by atoms with Crippen LogP contribution in [-0.4, -0.2) is 177 Å². The summed E-state index contributed by atoms with van der Waals surface area (Å²) < 4.78 is 35.0. The highest BCUT2D eigenvalue weighted by Crippen LogP contribution is 2.43. The second-order valence-electron chi connectivity index (χ2n) is 31.1. The van der Waals surface area contributed by atoms with Crippen molar-refractivity contribution in [3.8, 4) is 44.8 Å². The first-order valence-corrected chi connectivity index (χ1v) is 43.9. The number of rotatable bonds is 22. The van der Waals surface area contributed by atoms with E-state index in [2.05, 4.69) is 34.4 Å². The van der Waals surface area contributed by atoms with Gasteiger partial charge in [0, 0.05) is 113 Å². The number of imidazole rings is 2. The number of nitrogens with one attached hydrogen (secondary N) is 4. The summed E-state index contributed by atoms with van der Waals surface area (Å²) in [5.74, 6) is 0.789. The molecule has 0 aliphatic carbocycles. The molecule has 116 heavy (non-hydrogen) atoms. The van der Waals surface area contributed by atoms with E-state index < -0.39 is 58.0 Å². The van der Waals surface area contributed by atoms with Crippen molar-refractivity contribution >= 4 is 126 Å². The second-order valence-corrected chi connectivity index (χ2v) is 35.9. The van der Waals surface area contributed by atoms with E-state index in [9.17, 15) is 37.2 Å². The molecule has 0 saturated carbocycles. The van der Waals surface area contributed by atoms with Crippen LogP contribution in [0.25, 0.3) is 55.9 Å². The number of carbonyl (C=O) groups excluding carboxylic acids is 6. The van der Waals surface area contributed by atoms with Crippen LogP contribution in [0, 0.1) is 17.8 Å². The number of H-pyrrole nitrogens is 2. The second kappa shape index (κ2) is 36.9. The lowest BCUT2D eigenvalue weighted by Gasteiger charge is -2.31. The van der Waals surface area contributed by atoms with Crippen LogP contribution in [0.5, 0.6) is 0 Å². The third-order valence-electron chi connectivity index (χ3n) is 23.3. The van der Waals surface area contributed by atoms with E-state index >= 15 is 0 Å². The maximum atomic E-state index is 14.2. The van der Waals surface area contributed by atoms with Gasteiger partial charge in [-0.3, -0.25) is 27.6 Å². The zero-order chi connectivity index (χ0) is 82.5. The minimum Gasteiger partial charge on any atom is -0.453 e. The van der Waals surface area contributed by atoms with Gasteiger partial charge in [-0.05, 0) is 102 Å². The number of benzene rings is 6. The lowest BCUT2D eigenvalue weighted by atomic mass is 9.95. The van der Waals surface area contributed by atoms with E-state index in [1.807, 2.05) is 171 Å².